The van der Waals surface area contributed by atoms with Gasteiger partial charge in [0.2, 0.25) is 11.1 Å². The smallest absolute Gasteiger partial charge is 0.230 e. The summed E-state index contributed by atoms with van der Waals surface area (Å²) in [6.45, 7) is 4.21. The summed E-state index contributed by atoms with van der Waals surface area (Å²) in [5.74, 6) is 0.267. The van der Waals surface area contributed by atoms with E-state index in [2.05, 4.69) is 27.8 Å². The molecule has 0 bridgehead atoms. The Hall–Kier alpha value is -1.60. The lowest BCUT2D eigenvalue weighted by Crippen LogP contribution is -2.33. The van der Waals surface area contributed by atoms with Crippen LogP contribution in [-0.4, -0.2) is 37.9 Å². The summed E-state index contributed by atoms with van der Waals surface area (Å²) in [6, 6.07) is 7.45. The Kier molecular flexibility index (Phi) is 7.52. The van der Waals surface area contributed by atoms with E-state index in [9.17, 15) is 4.79 Å². The average Bonchev–Trinajstić information content (AvgIpc) is 3.01. The Morgan fingerprint density at radius 1 is 1.42 bits per heavy atom. The van der Waals surface area contributed by atoms with Gasteiger partial charge in [-0.2, -0.15) is 4.68 Å². The third-order valence-electron chi connectivity index (χ3n) is 3.47. The number of rotatable bonds is 9. The van der Waals surface area contributed by atoms with Gasteiger partial charge in [-0.15, -0.1) is 5.10 Å². The van der Waals surface area contributed by atoms with E-state index in [4.69, 9.17) is 11.6 Å². The van der Waals surface area contributed by atoms with Crippen LogP contribution in [0.25, 0.3) is 5.69 Å². The number of tetrazole rings is 1. The molecule has 0 aliphatic carbocycles. The number of hydrogen-bond acceptors (Lipinski definition) is 5. The van der Waals surface area contributed by atoms with Gasteiger partial charge >= 0.3 is 0 Å². The highest BCUT2D eigenvalue weighted by molar-refractivity contribution is 7.99. The molecule has 24 heavy (non-hydrogen) atoms. The molecule has 0 aliphatic heterocycles. The molecule has 1 aromatic heterocycles. The van der Waals surface area contributed by atoms with Crippen LogP contribution in [0, 0.1) is 0 Å². The Labute approximate surface area is 151 Å². The van der Waals surface area contributed by atoms with Gasteiger partial charge < -0.3 is 5.32 Å². The number of halogens is 1. The molecule has 1 aromatic carbocycles. The van der Waals surface area contributed by atoms with Crippen molar-refractivity contribution >= 4 is 29.3 Å². The molecule has 1 amide bonds. The van der Waals surface area contributed by atoms with Gasteiger partial charge in [-0.05, 0) is 42.0 Å². The molecule has 2 aromatic rings. The van der Waals surface area contributed by atoms with Crippen molar-refractivity contribution in [3.05, 3.63) is 29.3 Å². The van der Waals surface area contributed by atoms with Crippen LogP contribution in [0.1, 0.15) is 39.5 Å². The SMILES string of the molecule is CCCCC[C@H](C)NC(=O)CSc1nnnn1-c1cccc(Cl)c1. The summed E-state index contributed by atoms with van der Waals surface area (Å²) in [6.07, 6.45) is 4.52. The second-order valence-corrected chi connectivity index (χ2v) is 6.99. The molecule has 0 saturated carbocycles. The molecular formula is C16H22ClN5OS. The van der Waals surface area contributed by atoms with Gasteiger partial charge in [-0.25, -0.2) is 0 Å². The number of thioether (sulfide) groups is 1. The van der Waals surface area contributed by atoms with Crippen molar-refractivity contribution in [1.82, 2.24) is 25.5 Å². The standard InChI is InChI=1S/C16H22ClN5OS/c1-3-4-5-7-12(2)18-15(23)11-24-16-19-20-21-22(16)14-9-6-8-13(17)10-14/h6,8-10,12H,3-5,7,11H2,1-2H3,(H,18,23)/t12-/m0/s1. The van der Waals surface area contributed by atoms with E-state index >= 15 is 0 Å². The Balaban J connectivity index is 1.87. The molecule has 6 nitrogen and oxygen atoms in total. The zero-order chi connectivity index (χ0) is 17.4. The van der Waals surface area contributed by atoms with Crippen LogP contribution in [0.5, 0.6) is 0 Å². The third-order valence-corrected chi connectivity index (χ3v) is 4.63. The van der Waals surface area contributed by atoms with Gasteiger partial charge in [0, 0.05) is 11.1 Å². The van der Waals surface area contributed by atoms with Crippen molar-refractivity contribution in [3.63, 3.8) is 0 Å². The monoisotopic (exact) mass is 367 g/mol. The zero-order valence-electron chi connectivity index (χ0n) is 13.9. The van der Waals surface area contributed by atoms with Crippen molar-refractivity contribution in [2.45, 2.75) is 50.7 Å². The number of nitrogens with one attached hydrogen (secondary N) is 1. The summed E-state index contributed by atoms with van der Waals surface area (Å²) < 4.78 is 1.58. The molecule has 130 valence electrons. The fourth-order valence-electron chi connectivity index (χ4n) is 2.26. The second-order valence-electron chi connectivity index (χ2n) is 5.61. The fraction of sp³-hybridized carbons (Fsp3) is 0.500. The van der Waals surface area contributed by atoms with Crippen LogP contribution in [-0.2, 0) is 4.79 Å². The summed E-state index contributed by atoms with van der Waals surface area (Å²) in [5.41, 5.74) is 0.767. The molecule has 1 N–H and O–H groups in total. The predicted octanol–water partition coefficient (Wildman–Crippen LogP) is 3.49. The van der Waals surface area contributed by atoms with Crippen molar-refractivity contribution in [2.24, 2.45) is 0 Å². The van der Waals surface area contributed by atoms with Crippen molar-refractivity contribution in [2.75, 3.05) is 5.75 Å². The van der Waals surface area contributed by atoms with Crippen LogP contribution < -0.4 is 5.32 Å². The number of aromatic nitrogens is 4. The first-order valence-electron chi connectivity index (χ1n) is 8.06. The van der Waals surface area contributed by atoms with Crippen LogP contribution in [0.3, 0.4) is 0 Å². The normalized spacial score (nSPS) is 12.1. The molecule has 0 fully saturated rings. The number of amides is 1. The first kappa shape index (κ1) is 18.7. The maximum atomic E-state index is 12.1. The summed E-state index contributed by atoms with van der Waals surface area (Å²) in [4.78, 5) is 12.1. The Bertz CT molecular complexity index is 663. The molecule has 0 aliphatic rings. The quantitative estimate of drug-likeness (QED) is 0.542. The highest BCUT2D eigenvalue weighted by Gasteiger charge is 2.13. The Morgan fingerprint density at radius 2 is 2.25 bits per heavy atom. The highest BCUT2D eigenvalue weighted by Crippen LogP contribution is 2.20. The number of benzene rings is 1. The van der Waals surface area contributed by atoms with E-state index in [1.165, 1.54) is 24.6 Å². The van der Waals surface area contributed by atoms with Crippen LogP contribution in [0.4, 0.5) is 0 Å². The molecular weight excluding hydrogens is 346 g/mol. The second kappa shape index (κ2) is 9.64. The summed E-state index contributed by atoms with van der Waals surface area (Å²) >= 11 is 7.30. The fourth-order valence-corrected chi connectivity index (χ4v) is 3.14. The predicted molar refractivity (Wildman–Crippen MR) is 96.6 cm³/mol. The van der Waals surface area contributed by atoms with Gasteiger partial charge in [-0.1, -0.05) is 55.6 Å². The average molecular weight is 368 g/mol. The number of hydrogen-bond donors (Lipinski definition) is 1. The minimum absolute atomic E-state index is 0.00959. The Morgan fingerprint density at radius 3 is 3.00 bits per heavy atom. The van der Waals surface area contributed by atoms with Crippen molar-refractivity contribution in [3.8, 4) is 5.69 Å². The van der Waals surface area contributed by atoms with E-state index in [1.807, 2.05) is 19.1 Å². The van der Waals surface area contributed by atoms with Gasteiger partial charge in [0.1, 0.15) is 0 Å². The number of unbranched alkanes of at least 4 members (excludes halogenated alkanes) is 2. The molecule has 0 unspecified atom stereocenters. The molecule has 0 radical (unpaired) electrons. The van der Waals surface area contributed by atoms with E-state index in [1.54, 1.807) is 16.8 Å². The lowest BCUT2D eigenvalue weighted by atomic mass is 10.1. The van der Waals surface area contributed by atoms with Gasteiger partial charge in [0.15, 0.2) is 0 Å². The van der Waals surface area contributed by atoms with Crippen LogP contribution in [0.15, 0.2) is 29.4 Å². The van der Waals surface area contributed by atoms with Gasteiger partial charge in [-0.3, -0.25) is 4.79 Å². The molecule has 1 atom stereocenters. The van der Waals surface area contributed by atoms with Crippen LogP contribution >= 0.6 is 23.4 Å². The van der Waals surface area contributed by atoms with E-state index in [0.717, 1.165) is 18.5 Å². The van der Waals surface area contributed by atoms with E-state index < -0.39 is 0 Å². The first-order chi connectivity index (χ1) is 11.6. The number of carbonyl (C=O) groups excluding carboxylic acids is 1. The molecule has 0 saturated heterocycles. The topological polar surface area (TPSA) is 72.7 Å². The largest absolute Gasteiger partial charge is 0.353 e. The lowest BCUT2D eigenvalue weighted by Gasteiger charge is -2.13. The maximum absolute atomic E-state index is 12.1. The first-order valence-corrected chi connectivity index (χ1v) is 9.43. The number of nitrogens with zero attached hydrogens (tertiary/aromatic N) is 4. The summed E-state index contributed by atoms with van der Waals surface area (Å²) in [5, 5.41) is 15.8. The van der Waals surface area contributed by atoms with Crippen molar-refractivity contribution in [1.29, 1.82) is 0 Å². The molecule has 1 heterocycles. The number of carbonyl (C=O) groups is 1. The maximum Gasteiger partial charge on any atom is 0.230 e. The molecule has 8 heteroatoms. The zero-order valence-corrected chi connectivity index (χ0v) is 15.5. The van der Waals surface area contributed by atoms with E-state index in [-0.39, 0.29) is 17.7 Å². The minimum Gasteiger partial charge on any atom is -0.353 e. The van der Waals surface area contributed by atoms with Gasteiger partial charge in [0.25, 0.3) is 0 Å². The summed E-state index contributed by atoms with van der Waals surface area (Å²) in [7, 11) is 0. The third kappa shape index (κ3) is 5.79. The molecule has 0 spiro atoms. The molecule has 2 rings (SSSR count). The lowest BCUT2D eigenvalue weighted by molar-refractivity contribution is -0.119. The minimum atomic E-state index is -0.00959. The van der Waals surface area contributed by atoms with Crippen molar-refractivity contribution < 1.29 is 4.79 Å². The highest BCUT2D eigenvalue weighted by atomic mass is 35.5. The van der Waals surface area contributed by atoms with Crippen LogP contribution in [0.2, 0.25) is 5.02 Å². The van der Waals surface area contributed by atoms with E-state index in [0.29, 0.717) is 10.2 Å². The van der Waals surface area contributed by atoms with Gasteiger partial charge in [0.05, 0.1) is 11.4 Å².